The lowest BCUT2D eigenvalue weighted by atomic mass is 10.1. The summed E-state index contributed by atoms with van der Waals surface area (Å²) < 4.78 is 12.5. The van der Waals surface area contributed by atoms with E-state index in [0.29, 0.717) is 0 Å². The molecule has 0 heterocycles. The number of carbonyl (C=O) groups excluding carboxylic acids is 1. The minimum atomic E-state index is -1.64. The van der Waals surface area contributed by atoms with Gasteiger partial charge in [0.1, 0.15) is 0 Å². The minimum absolute atomic E-state index is 0.181. The molecule has 0 spiro atoms. The molecule has 1 amide bonds. The van der Waals surface area contributed by atoms with Crippen LogP contribution >= 0.6 is 15.9 Å². The number of halogens is 2. The number of hydrogen-bond donors (Lipinski definition) is 1. The average molecular weight is 260 g/mol. The number of carbonyl (C=O) groups is 1. The fourth-order valence-corrected chi connectivity index (χ4v) is 1.23. The molecule has 4 heteroatoms. The van der Waals surface area contributed by atoms with Crippen LogP contribution in [0.5, 0.6) is 0 Å². The molecule has 0 aromatic heterocycles. The molecule has 0 bridgehead atoms. The summed E-state index contributed by atoms with van der Waals surface area (Å²) in [5, 5.41) is 0.890. The van der Waals surface area contributed by atoms with Crippen LogP contribution < -0.4 is 5.32 Å². The second kappa shape index (κ2) is 5.10. The maximum absolute atomic E-state index is 12.5. The van der Waals surface area contributed by atoms with Crippen molar-refractivity contribution in [1.29, 1.82) is 0 Å². The first-order valence-corrected chi connectivity index (χ1v) is 5.16. The quantitative estimate of drug-likeness (QED) is 0.831. The van der Waals surface area contributed by atoms with Gasteiger partial charge in [0.2, 0.25) is 5.08 Å². The summed E-state index contributed by atoms with van der Waals surface area (Å²) in [4.78, 5) is 11.0. The van der Waals surface area contributed by atoms with Crippen molar-refractivity contribution in [2.24, 2.45) is 0 Å². The zero-order chi connectivity index (χ0) is 10.6. The molecule has 0 aliphatic carbocycles. The van der Waals surface area contributed by atoms with Gasteiger partial charge in [-0.25, -0.2) is 4.39 Å². The molecule has 2 nitrogen and oxygen atoms in total. The SMILES string of the molecule is C[C@H](NC(=O)[C@H](F)Br)c1ccccc1. The Hall–Kier alpha value is -0.900. The zero-order valence-corrected chi connectivity index (χ0v) is 9.29. The highest BCUT2D eigenvalue weighted by Crippen LogP contribution is 2.12. The van der Waals surface area contributed by atoms with E-state index < -0.39 is 11.0 Å². The van der Waals surface area contributed by atoms with E-state index >= 15 is 0 Å². The van der Waals surface area contributed by atoms with Crippen molar-refractivity contribution in [2.45, 2.75) is 18.0 Å². The Morgan fingerprint density at radius 1 is 1.43 bits per heavy atom. The Morgan fingerprint density at radius 2 is 2.00 bits per heavy atom. The van der Waals surface area contributed by atoms with Crippen molar-refractivity contribution in [3.8, 4) is 0 Å². The van der Waals surface area contributed by atoms with Gasteiger partial charge in [0, 0.05) is 0 Å². The molecule has 2 atom stereocenters. The highest BCUT2D eigenvalue weighted by molar-refractivity contribution is 9.09. The molecule has 14 heavy (non-hydrogen) atoms. The van der Waals surface area contributed by atoms with E-state index in [0.717, 1.165) is 5.56 Å². The fourth-order valence-electron chi connectivity index (χ4n) is 1.10. The number of amides is 1. The van der Waals surface area contributed by atoms with Gasteiger partial charge in [-0.05, 0) is 28.4 Å². The number of alkyl halides is 2. The molecule has 1 aromatic rings. The van der Waals surface area contributed by atoms with E-state index in [4.69, 9.17) is 0 Å². The Balaban J connectivity index is 2.59. The fraction of sp³-hybridized carbons (Fsp3) is 0.300. The van der Waals surface area contributed by atoms with Crippen LogP contribution in [0, 0.1) is 0 Å². The van der Waals surface area contributed by atoms with Crippen molar-refractivity contribution in [1.82, 2.24) is 5.32 Å². The summed E-state index contributed by atoms with van der Waals surface area (Å²) in [5.41, 5.74) is 0.953. The summed E-state index contributed by atoms with van der Waals surface area (Å²) in [6.45, 7) is 1.81. The predicted octanol–water partition coefficient (Wildman–Crippen LogP) is 2.55. The van der Waals surface area contributed by atoms with Crippen LogP contribution in [-0.4, -0.2) is 11.0 Å². The van der Waals surface area contributed by atoms with Gasteiger partial charge in [-0.15, -0.1) is 0 Å². The van der Waals surface area contributed by atoms with Crippen LogP contribution in [-0.2, 0) is 4.79 Å². The standard InChI is InChI=1S/C10H11BrFNO/c1-7(13-10(14)9(11)12)8-5-3-2-4-6-8/h2-7,9H,1H3,(H,13,14)/t7-,9-/m0/s1. The Labute approximate surface area is 90.6 Å². The molecular weight excluding hydrogens is 249 g/mol. The summed E-state index contributed by atoms with van der Waals surface area (Å²) in [6.07, 6.45) is 0. The molecule has 0 aliphatic heterocycles. The number of hydrogen-bond acceptors (Lipinski definition) is 1. The first-order valence-electron chi connectivity index (χ1n) is 4.24. The molecule has 0 saturated heterocycles. The van der Waals surface area contributed by atoms with Crippen LogP contribution in [0.25, 0.3) is 0 Å². The van der Waals surface area contributed by atoms with Gasteiger partial charge in [0.05, 0.1) is 6.04 Å². The van der Waals surface area contributed by atoms with Crippen LogP contribution in [0.15, 0.2) is 30.3 Å². The van der Waals surface area contributed by atoms with Crippen molar-refractivity contribution < 1.29 is 9.18 Å². The Kier molecular flexibility index (Phi) is 4.07. The third kappa shape index (κ3) is 3.10. The summed E-state index contributed by atoms with van der Waals surface area (Å²) >= 11 is 2.56. The number of nitrogens with one attached hydrogen (secondary N) is 1. The molecule has 0 unspecified atom stereocenters. The molecule has 0 fully saturated rings. The zero-order valence-electron chi connectivity index (χ0n) is 7.71. The maximum atomic E-state index is 12.5. The molecule has 1 rings (SSSR count). The van der Waals surface area contributed by atoms with E-state index in [9.17, 15) is 9.18 Å². The third-order valence-electron chi connectivity index (χ3n) is 1.86. The second-order valence-corrected chi connectivity index (χ2v) is 3.75. The van der Waals surface area contributed by atoms with E-state index in [-0.39, 0.29) is 6.04 Å². The van der Waals surface area contributed by atoms with Crippen LogP contribution in [0.3, 0.4) is 0 Å². The van der Waals surface area contributed by atoms with Gasteiger partial charge in [0.15, 0.2) is 0 Å². The second-order valence-electron chi connectivity index (χ2n) is 2.94. The van der Waals surface area contributed by atoms with E-state index in [2.05, 4.69) is 21.2 Å². The molecule has 0 saturated carbocycles. The monoisotopic (exact) mass is 259 g/mol. The Bertz CT molecular complexity index is 302. The van der Waals surface area contributed by atoms with Crippen LogP contribution in [0.4, 0.5) is 4.39 Å². The molecule has 76 valence electrons. The largest absolute Gasteiger partial charge is 0.346 e. The molecular formula is C10H11BrFNO. The average Bonchev–Trinajstić information content (AvgIpc) is 2.19. The summed E-state index contributed by atoms with van der Waals surface area (Å²) in [5.74, 6) is -0.652. The van der Waals surface area contributed by atoms with Gasteiger partial charge < -0.3 is 5.32 Å². The lowest BCUT2D eigenvalue weighted by Gasteiger charge is -2.13. The molecule has 0 aliphatic rings. The topological polar surface area (TPSA) is 29.1 Å². The van der Waals surface area contributed by atoms with Crippen LogP contribution in [0.2, 0.25) is 0 Å². The smallest absolute Gasteiger partial charge is 0.266 e. The van der Waals surface area contributed by atoms with Crippen molar-refractivity contribution >= 4 is 21.8 Å². The first kappa shape index (κ1) is 11.2. The molecule has 1 N–H and O–H groups in total. The van der Waals surface area contributed by atoms with Gasteiger partial charge >= 0.3 is 0 Å². The van der Waals surface area contributed by atoms with Crippen molar-refractivity contribution in [3.05, 3.63) is 35.9 Å². The predicted molar refractivity (Wildman–Crippen MR) is 56.8 cm³/mol. The molecule has 0 radical (unpaired) electrons. The van der Waals surface area contributed by atoms with Gasteiger partial charge in [-0.2, -0.15) is 0 Å². The van der Waals surface area contributed by atoms with Crippen LogP contribution in [0.1, 0.15) is 18.5 Å². The van der Waals surface area contributed by atoms with E-state index in [1.54, 1.807) is 0 Å². The highest BCUT2D eigenvalue weighted by Gasteiger charge is 2.15. The van der Waals surface area contributed by atoms with Gasteiger partial charge in [-0.1, -0.05) is 30.3 Å². The summed E-state index contributed by atoms with van der Waals surface area (Å²) in [7, 11) is 0. The highest BCUT2D eigenvalue weighted by atomic mass is 79.9. The minimum Gasteiger partial charge on any atom is -0.346 e. The lowest BCUT2D eigenvalue weighted by molar-refractivity contribution is -0.123. The number of rotatable bonds is 3. The van der Waals surface area contributed by atoms with E-state index in [1.165, 1.54) is 0 Å². The van der Waals surface area contributed by atoms with Crippen molar-refractivity contribution in [3.63, 3.8) is 0 Å². The van der Waals surface area contributed by atoms with Gasteiger partial charge in [-0.3, -0.25) is 4.79 Å². The normalized spacial score (nSPS) is 14.5. The maximum Gasteiger partial charge on any atom is 0.266 e. The van der Waals surface area contributed by atoms with Gasteiger partial charge in [0.25, 0.3) is 5.91 Å². The third-order valence-corrected chi connectivity index (χ3v) is 2.27. The lowest BCUT2D eigenvalue weighted by Crippen LogP contribution is -2.31. The Morgan fingerprint density at radius 3 is 2.50 bits per heavy atom. The molecule has 1 aromatic carbocycles. The van der Waals surface area contributed by atoms with Crippen molar-refractivity contribution in [2.75, 3.05) is 0 Å². The van der Waals surface area contributed by atoms with E-state index in [1.807, 2.05) is 37.3 Å². The first-order chi connectivity index (χ1) is 6.61. The summed E-state index contributed by atoms with van der Waals surface area (Å²) in [6, 6.07) is 9.22. The number of benzene rings is 1.